The number of hydrogen-bond acceptors (Lipinski definition) is 2. The van der Waals surface area contributed by atoms with E-state index in [9.17, 15) is 18.0 Å². The minimum Gasteiger partial charge on any atom is -0.492 e. The minimum absolute atomic E-state index is 0.0720. The van der Waals surface area contributed by atoms with Crippen LogP contribution in [0.2, 0.25) is 0 Å². The zero-order valence-electron chi connectivity index (χ0n) is 12.6. The average Bonchev–Trinajstić information content (AvgIpc) is 2.57. The Morgan fingerprint density at radius 1 is 1.00 bits per heavy atom. The van der Waals surface area contributed by atoms with Gasteiger partial charge in [0.25, 0.3) is 0 Å². The van der Waals surface area contributed by atoms with Crippen molar-refractivity contribution >= 4 is 5.91 Å². The molecule has 0 atom stereocenters. The van der Waals surface area contributed by atoms with Gasteiger partial charge in [0.2, 0.25) is 0 Å². The summed E-state index contributed by atoms with van der Waals surface area (Å²) in [5.74, 6) is 4.47. The molecule has 0 aliphatic carbocycles. The normalized spacial score (nSPS) is 10.5. The largest absolute Gasteiger partial charge is 0.492 e. The summed E-state index contributed by atoms with van der Waals surface area (Å²) in [5, 5.41) is 1.74. The summed E-state index contributed by atoms with van der Waals surface area (Å²) in [4.78, 5) is 10.6. The van der Waals surface area contributed by atoms with Crippen LogP contribution in [0.15, 0.2) is 54.6 Å². The molecule has 124 valence electrons. The van der Waals surface area contributed by atoms with Crippen LogP contribution < -0.4 is 10.1 Å². The maximum absolute atomic E-state index is 12.0. The molecule has 0 radical (unpaired) electrons. The number of benzene rings is 2. The summed E-state index contributed by atoms with van der Waals surface area (Å²) < 4.78 is 41.3. The Bertz CT molecular complexity index is 746. The van der Waals surface area contributed by atoms with E-state index in [1.807, 2.05) is 30.3 Å². The molecule has 0 bridgehead atoms. The molecule has 0 fully saturated rings. The molecule has 1 N–H and O–H groups in total. The van der Waals surface area contributed by atoms with E-state index in [1.165, 1.54) is 0 Å². The van der Waals surface area contributed by atoms with E-state index in [1.54, 1.807) is 29.6 Å². The van der Waals surface area contributed by atoms with Gasteiger partial charge < -0.3 is 10.1 Å². The monoisotopic (exact) mass is 333 g/mol. The number of rotatable bonds is 4. The van der Waals surface area contributed by atoms with Gasteiger partial charge in [-0.25, -0.2) is 0 Å². The van der Waals surface area contributed by atoms with E-state index in [0.717, 1.165) is 11.1 Å². The molecule has 0 aliphatic heterocycles. The van der Waals surface area contributed by atoms with Gasteiger partial charge in [0.15, 0.2) is 0 Å². The number of amides is 1. The first-order chi connectivity index (χ1) is 11.4. The van der Waals surface area contributed by atoms with Crippen molar-refractivity contribution in [1.82, 2.24) is 5.32 Å². The van der Waals surface area contributed by atoms with Crippen LogP contribution in [0.25, 0.3) is 0 Å². The molecule has 1 amide bonds. The lowest BCUT2D eigenvalue weighted by Gasteiger charge is -2.09. The smallest absolute Gasteiger partial charge is 0.471 e. The van der Waals surface area contributed by atoms with Crippen molar-refractivity contribution in [2.24, 2.45) is 0 Å². The third kappa shape index (κ3) is 5.69. The van der Waals surface area contributed by atoms with Gasteiger partial charge in [0.05, 0.1) is 6.54 Å². The molecule has 0 spiro atoms. The van der Waals surface area contributed by atoms with Crippen molar-refractivity contribution in [3.8, 4) is 17.6 Å². The summed E-state index contributed by atoms with van der Waals surface area (Å²) in [6.07, 6.45) is -4.88. The van der Waals surface area contributed by atoms with E-state index >= 15 is 0 Å². The zero-order valence-corrected chi connectivity index (χ0v) is 12.6. The van der Waals surface area contributed by atoms with Crippen molar-refractivity contribution < 1.29 is 22.7 Å². The summed E-state index contributed by atoms with van der Waals surface area (Å²) in [7, 11) is 0. The van der Waals surface area contributed by atoms with Crippen molar-refractivity contribution in [2.75, 3.05) is 13.2 Å². The molecule has 2 rings (SSSR count). The molecule has 3 nitrogen and oxygen atoms in total. The second-order valence-electron chi connectivity index (χ2n) is 4.75. The molecule has 2 aromatic rings. The van der Waals surface area contributed by atoms with Gasteiger partial charge in [-0.3, -0.25) is 4.79 Å². The molecule has 24 heavy (non-hydrogen) atoms. The molecule has 0 aromatic heterocycles. The van der Waals surface area contributed by atoms with Crippen LogP contribution in [-0.2, 0) is 4.79 Å². The van der Waals surface area contributed by atoms with Crippen LogP contribution in [0, 0.1) is 11.8 Å². The van der Waals surface area contributed by atoms with Gasteiger partial charge in [-0.15, -0.1) is 0 Å². The number of carbonyl (C=O) groups is 1. The highest BCUT2D eigenvalue weighted by Crippen LogP contribution is 2.14. The van der Waals surface area contributed by atoms with Gasteiger partial charge in [-0.2, -0.15) is 13.2 Å². The minimum atomic E-state index is -4.88. The summed E-state index contributed by atoms with van der Waals surface area (Å²) in [6, 6.07) is 16.3. The number of alkyl halides is 3. The first-order valence-electron chi connectivity index (χ1n) is 7.10. The fourth-order valence-electron chi connectivity index (χ4n) is 1.76. The first kappa shape index (κ1) is 17.4. The molecular weight excluding hydrogens is 319 g/mol. The van der Waals surface area contributed by atoms with E-state index < -0.39 is 12.1 Å². The number of nitrogens with one attached hydrogen (secondary N) is 1. The maximum Gasteiger partial charge on any atom is 0.471 e. The fourth-order valence-corrected chi connectivity index (χ4v) is 1.76. The Hall–Kier alpha value is -2.94. The predicted molar refractivity (Wildman–Crippen MR) is 83.4 cm³/mol. The van der Waals surface area contributed by atoms with E-state index in [4.69, 9.17) is 4.74 Å². The molecule has 0 aliphatic rings. The molecule has 0 saturated heterocycles. The lowest BCUT2D eigenvalue weighted by molar-refractivity contribution is -0.173. The molecule has 6 heteroatoms. The zero-order chi connectivity index (χ0) is 17.4. The molecule has 0 unspecified atom stereocenters. The summed E-state index contributed by atoms with van der Waals surface area (Å²) >= 11 is 0. The number of halogens is 3. The van der Waals surface area contributed by atoms with Crippen LogP contribution in [0.4, 0.5) is 13.2 Å². The van der Waals surface area contributed by atoms with Gasteiger partial charge in [0, 0.05) is 11.1 Å². The Morgan fingerprint density at radius 2 is 1.67 bits per heavy atom. The molecule has 0 heterocycles. The third-order valence-corrected chi connectivity index (χ3v) is 2.87. The average molecular weight is 333 g/mol. The number of ether oxygens (including phenoxy) is 1. The fraction of sp³-hybridized carbons (Fsp3) is 0.167. The van der Waals surface area contributed by atoms with E-state index in [2.05, 4.69) is 11.8 Å². The van der Waals surface area contributed by atoms with Gasteiger partial charge in [0.1, 0.15) is 12.4 Å². The Balaban J connectivity index is 1.87. The SMILES string of the molecule is O=C(NCCOc1cccc(C#Cc2ccccc2)c1)C(F)(F)F. The Morgan fingerprint density at radius 3 is 2.38 bits per heavy atom. The van der Waals surface area contributed by atoms with Crippen LogP contribution in [-0.4, -0.2) is 25.2 Å². The highest BCUT2D eigenvalue weighted by molar-refractivity contribution is 5.81. The molecule has 0 saturated carbocycles. The standard InChI is InChI=1S/C18H14F3NO2/c19-18(20,21)17(23)22-11-12-24-16-8-4-7-15(13-16)10-9-14-5-2-1-3-6-14/h1-8,13H,11-12H2,(H,22,23). The second kappa shape index (κ2) is 8.06. The Kier molecular flexibility index (Phi) is 5.85. The number of carbonyl (C=O) groups excluding carboxylic acids is 1. The van der Waals surface area contributed by atoms with Crippen molar-refractivity contribution in [1.29, 1.82) is 0 Å². The van der Waals surface area contributed by atoms with Gasteiger partial charge >= 0.3 is 12.1 Å². The number of hydrogen-bond donors (Lipinski definition) is 1. The first-order valence-corrected chi connectivity index (χ1v) is 7.10. The Labute approximate surface area is 137 Å². The predicted octanol–water partition coefficient (Wildman–Crippen LogP) is 3.14. The second-order valence-corrected chi connectivity index (χ2v) is 4.75. The quantitative estimate of drug-likeness (QED) is 0.690. The molecular formula is C18H14F3NO2. The summed E-state index contributed by atoms with van der Waals surface area (Å²) in [6.45, 7) is -0.310. The third-order valence-electron chi connectivity index (χ3n) is 2.87. The van der Waals surface area contributed by atoms with Crippen LogP contribution in [0.1, 0.15) is 11.1 Å². The maximum atomic E-state index is 12.0. The van der Waals surface area contributed by atoms with E-state index in [-0.39, 0.29) is 13.2 Å². The lowest BCUT2D eigenvalue weighted by Crippen LogP contribution is -2.38. The lowest BCUT2D eigenvalue weighted by atomic mass is 10.2. The molecule has 2 aromatic carbocycles. The van der Waals surface area contributed by atoms with Crippen molar-refractivity contribution in [3.05, 3.63) is 65.7 Å². The highest BCUT2D eigenvalue weighted by atomic mass is 19.4. The highest BCUT2D eigenvalue weighted by Gasteiger charge is 2.38. The van der Waals surface area contributed by atoms with Crippen molar-refractivity contribution in [2.45, 2.75) is 6.18 Å². The topological polar surface area (TPSA) is 38.3 Å². The van der Waals surface area contributed by atoms with Crippen LogP contribution >= 0.6 is 0 Å². The van der Waals surface area contributed by atoms with Gasteiger partial charge in [-0.05, 0) is 30.3 Å². The van der Waals surface area contributed by atoms with E-state index in [0.29, 0.717) is 5.75 Å². The van der Waals surface area contributed by atoms with Crippen LogP contribution in [0.5, 0.6) is 5.75 Å². The van der Waals surface area contributed by atoms with Gasteiger partial charge in [-0.1, -0.05) is 36.1 Å². The van der Waals surface area contributed by atoms with Crippen LogP contribution in [0.3, 0.4) is 0 Å². The van der Waals surface area contributed by atoms with Crippen molar-refractivity contribution in [3.63, 3.8) is 0 Å². The summed E-state index contributed by atoms with van der Waals surface area (Å²) in [5.41, 5.74) is 1.59.